The second-order valence-corrected chi connectivity index (χ2v) is 11.9. The Hall–Kier alpha value is -4.23. The van der Waals surface area contributed by atoms with Gasteiger partial charge in [0.2, 0.25) is 5.11 Å². The Morgan fingerprint density at radius 2 is 1.84 bits per heavy atom. The summed E-state index contributed by atoms with van der Waals surface area (Å²) in [5.41, 5.74) is 8.64. The molecule has 0 bridgehead atoms. The molecule has 0 aliphatic carbocycles. The predicted molar refractivity (Wildman–Crippen MR) is 174 cm³/mol. The van der Waals surface area contributed by atoms with Gasteiger partial charge in [0.25, 0.3) is 0 Å². The van der Waals surface area contributed by atoms with E-state index in [9.17, 15) is 13.2 Å². The van der Waals surface area contributed by atoms with E-state index < -0.39 is 6.36 Å². The number of hydrazone groups is 1. The Labute approximate surface area is 263 Å². The van der Waals surface area contributed by atoms with E-state index in [0.29, 0.717) is 17.4 Å². The van der Waals surface area contributed by atoms with Crippen molar-refractivity contribution in [3.05, 3.63) is 89.7 Å². The number of ether oxygens (including phenoxy) is 1. The van der Waals surface area contributed by atoms with Crippen molar-refractivity contribution in [2.75, 3.05) is 10.7 Å². The fourth-order valence-corrected chi connectivity index (χ4v) is 5.93. The van der Waals surface area contributed by atoms with Gasteiger partial charge in [0.05, 0.1) is 11.9 Å². The highest BCUT2D eigenvalue weighted by molar-refractivity contribution is 8.14. The van der Waals surface area contributed by atoms with Gasteiger partial charge in [-0.3, -0.25) is 5.43 Å². The molecule has 0 amide bonds. The lowest BCUT2D eigenvalue weighted by atomic mass is 9.98. The summed E-state index contributed by atoms with van der Waals surface area (Å²) >= 11 is 7.16. The number of halogens is 3. The lowest BCUT2D eigenvalue weighted by Gasteiger charge is -2.27. The van der Waals surface area contributed by atoms with Gasteiger partial charge in [-0.15, -0.1) is 18.3 Å². The van der Waals surface area contributed by atoms with Gasteiger partial charge in [-0.25, -0.2) is 9.67 Å². The lowest BCUT2D eigenvalue weighted by molar-refractivity contribution is -0.274. The number of hydrogen-bond acceptors (Lipinski definition) is 6. The molecular weight excluding hydrogens is 608 g/mol. The zero-order valence-electron chi connectivity index (χ0n) is 24.4. The van der Waals surface area contributed by atoms with Crippen molar-refractivity contribution in [3.63, 3.8) is 0 Å². The van der Waals surface area contributed by atoms with E-state index in [2.05, 4.69) is 81.1 Å². The summed E-state index contributed by atoms with van der Waals surface area (Å²) in [5, 5.41) is 9.81. The molecule has 2 heterocycles. The third-order valence-corrected chi connectivity index (χ3v) is 8.11. The highest BCUT2D eigenvalue weighted by Gasteiger charge is 2.31. The van der Waals surface area contributed by atoms with Crippen LogP contribution in [-0.4, -0.2) is 49.4 Å². The van der Waals surface area contributed by atoms with E-state index in [1.165, 1.54) is 46.4 Å². The molecule has 1 N–H and O–H groups in total. The molecule has 1 fully saturated rings. The van der Waals surface area contributed by atoms with Crippen molar-refractivity contribution >= 4 is 46.2 Å². The normalized spacial score (nSPS) is 16.3. The number of benzene rings is 3. The molecule has 1 aromatic heterocycles. The maximum Gasteiger partial charge on any atom is 0.573 e. The maximum atomic E-state index is 12.4. The Morgan fingerprint density at radius 1 is 1.11 bits per heavy atom. The van der Waals surface area contributed by atoms with E-state index >= 15 is 0 Å². The van der Waals surface area contributed by atoms with Crippen LogP contribution in [0.1, 0.15) is 43.4 Å². The molecule has 1 saturated heterocycles. The molecule has 8 nitrogen and oxygen atoms in total. The number of hydrogen-bond donors (Lipinski definition) is 1. The van der Waals surface area contributed by atoms with Gasteiger partial charge in [-0.1, -0.05) is 67.6 Å². The second-order valence-electron chi connectivity index (χ2n) is 10.5. The summed E-state index contributed by atoms with van der Waals surface area (Å²) in [7, 11) is 0. The van der Waals surface area contributed by atoms with E-state index in [1.807, 2.05) is 24.3 Å². The van der Waals surface area contributed by atoms with Crippen molar-refractivity contribution in [1.82, 2.24) is 20.2 Å². The van der Waals surface area contributed by atoms with E-state index in [4.69, 9.17) is 12.2 Å². The molecule has 0 spiro atoms. The first-order chi connectivity index (χ1) is 21.0. The Morgan fingerprint density at radius 3 is 2.52 bits per heavy atom. The number of anilines is 1. The minimum Gasteiger partial charge on any atom is -0.406 e. The van der Waals surface area contributed by atoms with E-state index in [1.54, 1.807) is 18.0 Å². The second kappa shape index (κ2) is 13.2. The number of nitrogens with one attached hydrogen (secondary N) is 1. The van der Waals surface area contributed by atoms with Crippen LogP contribution in [0.2, 0.25) is 0 Å². The van der Waals surface area contributed by atoms with Crippen LogP contribution >= 0.6 is 24.0 Å². The summed E-state index contributed by atoms with van der Waals surface area (Å²) in [6.45, 7) is 8.69. The first-order valence-corrected chi connectivity index (χ1v) is 15.2. The van der Waals surface area contributed by atoms with E-state index in [-0.39, 0.29) is 16.9 Å². The molecule has 5 rings (SSSR count). The molecule has 1 atom stereocenters. The number of aliphatic imine (C=N–C) groups is 1. The number of thioether (sulfide) groups is 1. The van der Waals surface area contributed by atoms with Gasteiger partial charge in [-0.2, -0.15) is 10.1 Å². The molecule has 1 aliphatic heterocycles. The summed E-state index contributed by atoms with van der Waals surface area (Å²) in [5.74, 6) is 1.44. The molecular formula is C31H30F3N7OS2. The van der Waals surface area contributed by atoms with Gasteiger partial charge in [0.15, 0.2) is 11.0 Å². The third kappa shape index (κ3) is 7.64. The standard InChI is InChI=1S/C31H30F3N7OS2/c1-19(2)26-15-20(3)5-14-27(26)41-21(4)17-44-30(41)37-29(43)38-36-16-22-6-8-23(9-7-22)28-35-18-40(39-28)24-10-12-25(13-11-24)42-31(32,33)34/h5-16,18-19,21H,17H2,1-4H3,(H,38,43)/b36-16+,37-30-. The molecule has 0 radical (unpaired) electrons. The largest absolute Gasteiger partial charge is 0.573 e. The first kappa shape index (κ1) is 31.2. The predicted octanol–water partition coefficient (Wildman–Crippen LogP) is 7.47. The summed E-state index contributed by atoms with van der Waals surface area (Å²) in [6, 6.07) is 19.6. The van der Waals surface area contributed by atoms with Crippen molar-refractivity contribution in [3.8, 4) is 22.8 Å². The van der Waals surface area contributed by atoms with Gasteiger partial charge in [-0.05, 0) is 73.4 Å². The van der Waals surface area contributed by atoms with Gasteiger partial charge >= 0.3 is 6.36 Å². The van der Waals surface area contributed by atoms with Crippen molar-refractivity contribution in [1.29, 1.82) is 0 Å². The van der Waals surface area contributed by atoms with Crippen LogP contribution in [0.15, 0.2) is 83.2 Å². The molecule has 0 saturated carbocycles. The summed E-state index contributed by atoms with van der Waals surface area (Å²) in [6.07, 6.45) is -1.61. The van der Waals surface area contributed by atoms with Gasteiger partial charge in [0.1, 0.15) is 12.1 Å². The molecule has 13 heteroatoms. The Bertz CT molecular complexity index is 1680. The van der Waals surface area contributed by atoms with Crippen LogP contribution in [-0.2, 0) is 0 Å². The number of rotatable bonds is 7. The highest BCUT2D eigenvalue weighted by atomic mass is 32.2. The minimum absolute atomic E-state index is 0.269. The van der Waals surface area contributed by atoms with Crippen LogP contribution in [0.3, 0.4) is 0 Å². The smallest absolute Gasteiger partial charge is 0.406 e. The summed E-state index contributed by atoms with van der Waals surface area (Å²) in [4.78, 5) is 11.2. The van der Waals surface area contributed by atoms with Crippen LogP contribution in [0.25, 0.3) is 17.1 Å². The fraction of sp³-hybridized carbons (Fsp3) is 0.258. The number of amidine groups is 1. The molecule has 4 aromatic rings. The third-order valence-electron chi connectivity index (χ3n) is 6.73. The number of aryl methyl sites for hydroxylation is 1. The Kier molecular flexibility index (Phi) is 9.35. The summed E-state index contributed by atoms with van der Waals surface area (Å²) < 4.78 is 42.6. The topological polar surface area (TPSA) is 79.9 Å². The van der Waals surface area contributed by atoms with Crippen LogP contribution in [0, 0.1) is 6.92 Å². The highest BCUT2D eigenvalue weighted by Crippen LogP contribution is 2.36. The monoisotopic (exact) mass is 637 g/mol. The number of alkyl halides is 3. The number of thiocarbonyl (C=S) groups is 1. The lowest BCUT2D eigenvalue weighted by Crippen LogP contribution is -2.33. The first-order valence-electron chi connectivity index (χ1n) is 13.8. The maximum absolute atomic E-state index is 12.4. The zero-order chi connectivity index (χ0) is 31.4. The SMILES string of the molecule is Cc1ccc(N2/C(=N/C(=S)N/N=C/c3ccc(-c4ncn(-c5ccc(OC(F)(F)F)cc5)n4)cc3)SCC2C)c(C(C)C)c1. The average molecular weight is 638 g/mol. The molecule has 3 aromatic carbocycles. The van der Waals surface area contributed by atoms with Crippen molar-refractivity contribution in [2.45, 2.75) is 46.0 Å². The minimum atomic E-state index is -4.75. The van der Waals surface area contributed by atoms with Crippen LogP contribution in [0.4, 0.5) is 18.9 Å². The number of aromatic nitrogens is 3. The molecule has 44 heavy (non-hydrogen) atoms. The van der Waals surface area contributed by atoms with Crippen LogP contribution < -0.4 is 15.1 Å². The van der Waals surface area contributed by atoms with Crippen molar-refractivity contribution in [2.24, 2.45) is 10.1 Å². The quantitative estimate of drug-likeness (QED) is 0.128. The van der Waals surface area contributed by atoms with Crippen LogP contribution in [0.5, 0.6) is 5.75 Å². The average Bonchev–Trinajstić information content (AvgIpc) is 3.60. The number of nitrogens with zero attached hydrogens (tertiary/aromatic N) is 6. The van der Waals surface area contributed by atoms with Gasteiger partial charge in [0, 0.05) is 23.0 Å². The Balaban J connectivity index is 1.21. The van der Waals surface area contributed by atoms with E-state index in [0.717, 1.165) is 27.7 Å². The molecule has 1 unspecified atom stereocenters. The fourth-order valence-electron chi connectivity index (χ4n) is 4.62. The van der Waals surface area contributed by atoms with Gasteiger partial charge < -0.3 is 9.64 Å². The molecule has 1 aliphatic rings. The van der Waals surface area contributed by atoms with Crippen molar-refractivity contribution < 1.29 is 17.9 Å². The molecule has 228 valence electrons. The zero-order valence-corrected chi connectivity index (χ0v) is 26.0.